The molecule has 0 amide bonds. The molecule has 142 valence electrons. The highest BCUT2D eigenvalue weighted by atomic mass is 19.1. The highest BCUT2D eigenvalue weighted by Crippen LogP contribution is 2.32. The van der Waals surface area contributed by atoms with Gasteiger partial charge in [-0.05, 0) is 62.1 Å². The number of aromatic nitrogens is 4. The molecule has 5 nitrogen and oxygen atoms in total. The molecule has 28 heavy (non-hydrogen) atoms. The predicted octanol–water partition coefficient (Wildman–Crippen LogP) is 4.22. The van der Waals surface area contributed by atoms with Crippen molar-refractivity contribution in [3.8, 4) is 22.6 Å². The minimum atomic E-state index is -0.266. The lowest BCUT2D eigenvalue weighted by molar-refractivity contribution is 0.402. The zero-order valence-electron chi connectivity index (χ0n) is 16.2. The zero-order chi connectivity index (χ0) is 19.7. The first-order chi connectivity index (χ1) is 13.5. The zero-order valence-corrected chi connectivity index (χ0v) is 16.2. The molecule has 0 fully saturated rings. The van der Waals surface area contributed by atoms with Gasteiger partial charge in [0.15, 0.2) is 0 Å². The summed E-state index contributed by atoms with van der Waals surface area (Å²) < 4.78 is 15.5. The van der Waals surface area contributed by atoms with Crippen LogP contribution in [0, 0.1) is 5.82 Å². The number of aryl methyl sites for hydroxylation is 1. The van der Waals surface area contributed by atoms with Crippen molar-refractivity contribution in [2.75, 3.05) is 14.1 Å². The molecule has 0 N–H and O–H groups in total. The first-order valence-corrected chi connectivity index (χ1v) is 9.29. The maximum absolute atomic E-state index is 13.5. The molecule has 6 heteroatoms. The van der Waals surface area contributed by atoms with Gasteiger partial charge in [-0.25, -0.2) is 19.3 Å². The SMILES string of the molecule is CCc1nccc(-c2c(-c3ccc(F)cc3)nc3cc(CN(C)C)ccn23)n1. The van der Waals surface area contributed by atoms with Gasteiger partial charge in [-0.3, -0.25) is 4.40 Å². The van der Waals surface area contributed by atoms with Gasteiger partial charge in [0.1, 0.15) is 17.3 Å². The van der Waals surface area contributed by atoms with Crippen molar-refractivity contribution in [3.63, 3.8) is 0 Å². The molecule has 4 aromatic rings. The van der Waals surface area contributed by atoms with E-state index < -0.39 is 0 Å². The number of hydrogen-bond acceptors (Lipinski definition) is 4. The standard InChI is InChI=1S/C22H22FN5/c1-4-19-24-11-9-18(25-19)22-21(16-5-7-17(23)8-6-16)26-20-13-15(14-27(2)3)10-12-28(20)22/h5-13H,4,14H2,1-3H3. The second-order valence-electron chi connectivity index (χ2n) is 7.03. The van der Waals surface area contributed by atoms with Crippen LogP contribution in [0.3, 0.4) is 0 Å². The summed E-state index contributed by atoms with van der Waals surface area (Å²) in [7, 11) is 4.08. The van der Waals surface area contributed by atoms with E-state index in [1.807, 2.05) is 37.7 Å². The minimum Gasteiger partial charge on any atom is -0.305 e. The maximum atomic E-state index is 13.5. The Hall–Kier alpha value is -3.12. The summed E-state index contributed by atoms with van der Waals surface area (Å²) in [5.41, 5.74) is 5.34. The van der Waals surface area contributed by atoms with E-state index in [0.29, 0.717) is 0 Å². The Morgan fingerprint density at radius 2 is 1.82 bits per heavy atom. The van der Waals surface area contributed by atoms with E-state index in [0.717, 1.165) is 47.1 Å². The Kier molecular flexibility index (Phi) is 4.88. The van der Waals surface area contributed by atoms with E-state index in [1.54, 1.807) is 18.3 Å². The second kappa shape index (κ2) is 7.48. The van der Waals surface area contributed by atoms with Gasteiger partial charge in [0.25, 0.3) is 0 Å². The van der Waals surface area contributed by atoms with Crippen molar-refractivity contribution < 1.29 is 4.39 Å². The van der Waals surface area contributed by atoms with Crippen molar-refractivity contribution >= 4 is 5.65 Å². The molecule has 0 aliphatic carbocycles. The quantitative estimate of drug-likeness (QED) is 0.524. The molecule has 0 aliphatic rings. The molecule has 1 aromatic carbocycles. The Bertz CT molecular complexity index is 1120. The summed E-state index contributed by atoms with van der Waals surface area (Å²) in [6, 6.07) is 12.5. The second-order valence-corrected chi connectivity index (χ2v) is 7.03. The topological polar surface area (TPSA) is 46.3 Å². The van der Waals surface area contributed by atoms with Crippen LogP contribution < -0.4 is 0 Å². The number of rotatable bonds is 5. The van der Waals surface area contributed by atoms with Crippen LogP contribution >= 0.6 is 0 Å². The molecule has 0 spiro atoms. The van der Waals surface area contributed by atoms with E-state index in [4.69, 9.17) is 9.97 Å². The van der Waals surface area contributed by atoms with E-state index in [-0.39, 0.29) is 5.82 Å². The monoisotopic (exact) mass is 375 g/mol. The number of benzene rings is 1. The number of hydrogen-bond donors (Lipinski definition) is 0. The lowest BCUT2D eigenvalue weighted by Gasteiger charge is -2.10. The van der Waals surface area contributed by atoms with E-state index in [1.165, 1.54) is 17.7 Å². The van der Waals surface area contributed by atoms with Crippen molar-refractivity contribution in [1.29, 1.82) is 0 Å². The average Bonchev–Trinajstić information content (AvgIpc) is 3.06. The predicted molar refractivity (Wildman–Crippen MR) is 108 cm³/mol. The summed E-state index contributed by atoms with van der Waals surface area (Å²) in [5.74, 6) is 0.513. The van der Waals surface area contributed by atoms with Crippen molar-refractivity contribution in [1.82, 2.24) is 24.3 Å². The van der Waals surface area contributed by atoms with Crippen LogP contribution in [0.4, 0.5) is 4.39 Å². The van der Waals surface area contributed by atoms with Crippen molar-refractivity contribution in [3.05, 3.63) is 72.1 Å². The summed E-state index contributed by atoms with van der Waals surface area (Å²) in [6.45, 7) is 2.86. The number of halogens is 1. The van der Waals surface area contributed by atoms with Crippen LogP contribution in [0.2, 0.25) is 0 Å². The van der Waals surface area contributed by atoms with E-state index >= 15 is 0 Å². The average molecular weight is 375 g/mol. The van der Waals surface area contributed by atoms with Crippen molar-refractivity contribution in [2.24, 2.45) is 0 Å². The number of pyridine rings is 1. The molecule has 3 heterocycles. The molecule has 0 unspecified atom stereocenters. The number of imidazole rings is 1. The van der Waals surface area contributed by atoms with Crippen LogP contribution in [-0.4, -0.2) is 38.3 Å². The Balaban J connectivity index is 1.95. The summed E-state index contributed by atoms with van der Waals surface area (Å²) in [6.07, 6.45) is 4.55. The van der Waals surface area contributed by atoms with Crippen LogP contribution in [0.5, 0.6) is 0 Å². The lowest BCUT2D eigenvalue weighted by atomic mass is 10.1. The summed E-state index contributed by atoms with van der Waals surface area (Å²) in [4.78, 5) is 16.0. The third kappa shape index (κ3) is 3.51. The molecule has 0 bridgehead atoms. The fourth-order valence-electron chi connectivity index (χ4n) is 3.31. The third-order valence-corrected chi connectivity index (χ3v) is 4.57. The van der Waals surface area contributed by atoms with Gasteiger partial charge in [-0.2, -0.15) is 0 Å². The van der Waals surface area contributed by atoms with Gasteiger partial charge in [0, 0.05) is 30.9 Å². The van der Waals surface area contributed by atoms with Gasteiger partial charge < -0.3 is 4.90 Å². The highest BCUT2D eigenvalue weighted by Gasteiger charge is 2.18. The van der Waals surface area contributed by atoms with Crippen LogP contribution in [0.25, 0.3) is 28.3 Å². The smallest absolute Gasteiger partial charge is 0.138 e. The largest absolute Gasteiger partial charge is 0.305 e. The molecule has 0 aliphatic heterocycles. The molecular formula is C22H22FN5. The van der Waals surface area contributed by atoms with Gasteiger partial charge in [0.05, 0.1) is 17.1 Å². The number of nitrogens with zero attached hydrogens (tertiary/aromatic N) is 5. The van der Waals surface area contributed by atoms with Crippen molar-refractivity contribution in [2.45, 2.75) is 19.9 Å². The first-order valence-electron chi connectivity index (χ1n) is 9.29. The van der Waals surface area contributed by atoms with Gasteiger partial charge in [0.2, 0.25) is 0 Å². The maximum Gasteiger partial charge on any atom is 0.138 e. The fourth-order valence-corrected chi connectivity index (χ4v) is 3.31. The molecule has 3 aromatic heterocycles. The fraction of sp³-hybridized carbons (Fsp3) is 0.227. The Morgan fingerprint density at radius 1 is 1.04 bits per heavy atom. The van der Waals surface area contributed by atoms with Gasteiger partial charge in [-0.1, -0.05) is 6.92 Å². The highest BCUT2D eigenvalue weighted by molar-refractivity contribution is 5.80. The summed E-state index contributed by atoms with van der Waals surface area (Å²) >= 11 is 0. The molecular weight excluding hydrogens is 353 g/mol. The van der Waals surface area contributed by atoms with Crippen LogP contribution in [0.15, 0.2) is 54.9 Å². The molecule has 4 rings (SSSR count). The van der Waals surface area contributed by atoms with Gasteiger partial charge >= 0.3 is 0 Å². The first kappa shape index (κ1) is 18.3. The minimum absolute atomic E-state index is 0.266. The molecule has 0 saturated carbocycles. The van der Waals surface area contributed by atoms with E-state index in [9.17, 15) is 4.39 Å². The van der Waals surface area contributed by atoms with E-state index in [2.05, 4.69) is 22.0 Å². The summed E-state index contributed by atoms with van der Waals surface area (Å²) in [5, 5.41) is 0. The lowest BCUT2D eigenvalue weighted by Crippen LogP contribution is -2.10. The Labute approximate surface area is 163 Å². The molecule has 0 radical (unpaired) electrons. The normalized spacial score (nSPS) is 11.5. The van der Waals surface area contributed by atoms with Gasteiger partial charge in [-0.15, -0.1) is 0 Å². The Morgan fingerprint density at radius 3 is 2.54 bits per heavy atom. The molecule has 0 saturated heterocycles. The third-order valence-electron chi connectivity index (χ3n) is 4.57. The number of fused-ring (bicyclic) bond motifs is 1. The van der Waals surface area contributed by atoms with Crippen LogP contribution in [0.1, 0.15) is 18.3 Å². The van der Waals surface area contributed by atoms with Crippen LogP contribution in [-0.2, 0) is 13.0 Å². The molecule has 0 atom stereocenters.